The van der Waals surface area contributed by atoms with Gasteiger partial charge in [0.1, 0.15) is 18.4 Å². The van der Waals surface area contributed by atoms with Gasteiger partial charge in [-0.1, -0.05) is 39.3 Å². The SMILES string of the molecule is CCCc1ccc(OCC(NC(C)C)C(=O)OCC)cc1. The predicted molar refractivity (Wildman–Crippen MR) is 84.6 cm³/mol. The highest BCUT2D eigenvalue weighted by molar-refractivity contribution is 5.76. The quantitative estimate of drug-likeness (QED) is 0.711. The third-order valence-corrected chi connectivity index (χ3v) is 2.98. The standard InChI is InChI=1S/C17H27NO3/c1-5-7-14-8-10-15(11-9-14)21-12-16(18-13(3)4)17(19)20-6-2/h8-11,13,16,18H,5-7,12H2,1-4H3. The molecular weight excluding hydrogens is 266 g/mol. The van der Waals surface area contributed by atoms with Crippen molar-refractivity contribution in [2.75, 3.05) is 13.2 Å². The molecule has 118 valence electrons. The van der Waals surface area contributed by atoms with E-state index >= 15 is 0 Å². The topological polar surface area (TPSA) is 47.6 Å². The Balaban J connectivity index is 2.56. The van der Waals surface area contributed by atoms with Crippen molar-refractivity contribution in [2.45, 2.75) is 52.6 Å². The number of aryl methyl sites for hydroxylation is 1. The number of ether oxygens (including phenoxy) is 2. The summed E-state index contributed by atoms with van der Waals surface area (Å²) in [4.78, 5) is 11.9. The Morgan fingerprint density at radius 1 is 1.19 bits per heavy atom. The minimum absolute atomic E-state index is 0.190. The lowest BCUT2D eigenvalue weighted by Crippen LogP contribution is -2.45. The van der Waals surface area contributed by atoms with Crippen molar-refractivity contribution in [1.29, 1.82) is 0 Å². The van der Waals surface area contributed by atoms with E-state index in [1.807, 2.05) is 26.0 Å². The van der Waals surface area contributed by atoms with Gasteiger partial charge in [-0.25, -0.2) is 0 Å². The Morgan fingerprint density at radius 2 is 1.86 bits per heavy atom. The van der Waals surface area contributed by atoms with Gasteiger partial charge in [0.25, 0.3) is 0 Å². The van der Waals surface area contributed by atoms with E-state index in [0.29, 0.717) is 6.61 Å². The number of carbonyl (C=O) groups is 1. The van der Waals surface area contributed by atoms with Crippen LogP contribution < -0.4 is 10.1 Å². The molecule has 0 aliphatic rings. The van der Waals surface area contributed by atoms with E-state index in [4.69, 9.17) is 9.47 Å². The van der Waals surface area contributed by atoms with Crippen LogP contribution in [0, 0.1) is 0 Å². The fourth-order valence-corrected chi connectivity index (χ4v) is 2.05. The van der Waals surface area contributed by atoms with Gasteiger partial charge in [-0.3, -0.25) is 10.1 Å². The summed E-state index contributed by atoms with van der Waals surface area (Å²) in [5.74, 6) is 0.503. The van der Waals surface area contributed by atoms with E-state index in [2.05, 4.69) is 24.4 Å². The van der Waals surface area contributed by atoms with Crippen LogP contribution in [0.1, 0.15) is 39.7 Å². The molecule has 1 atom stereocenters. The molecule has 4 nitrogen and oxygen atoms in total. The smallest absolute Gasteiger partial charge is 0.326 e. The molecule has 0 bridgehead atoms. The number of nitrogens with one attached hydrogen (secondary N) is 1. The zero-order chi connectivity index (χ0) is 15.7. The molecule has 0 fully saturated rings. The Hall–Kier alpha value is -1.55. The molecule has 0 saturated carbocycles. The lowest BCUT2D eigenvalue weighted by Gasteiger charge is -2.20. The molecule has 1 N–H and O–H groups in total. The first-order valence-corrected chi connectivity index (χ1v) is 7.71. The Labute approximate surface area is 127 Å². The first-order valence-electron chi connectivity index (χ1n) is 7.71. The zero-order valence-corrected chi connectivity index (χ0v) is 13.5. The molecule has 0 saturated heterocycles. The fraction of sp³-hybridized carbons (Fsp3) is 0.588. The maximum absolute atomic E-state index is 11.9. The van der Waals surface area contributed by atoms with Crippen LogP contribution in [0.4, 0.5) is 0 Å². The van der Waals surface area contributed by atoms with Crippen LogP contribution in [0.2, 0.25) is 0 Å². The van der Waals surface area contributed by atoms with Crippen LogP contribution in [-0.2, 0) is 16.0 Å². The fourth-order valence-electron chi connectivity index (χ4n) is 2.05. The first-order chi connectivity index (χ1) is 10.1. The molecule has 0 heterocycles. The second-order valence-corrected chi connectivity index (χ2v) is 5.33. The number of hydrogen-bond acceptors (Lipinski definition) is 4. The summed E-state index contributed by atoms with van der Waals surface area (Å²) in [6.07, 6.45) is 2.20. The number of benzene rings is 1. The third-order valence-electron chi connectivity index (χ3n) is 2.98. The van der Waals surface area contributed by atoms with Gasteiger partial charge in [0.05, 0.1) is 6.61 Å². The van der Waals surface area contributed by atoms with Crippen LogP contribution in [0.15, 0.2) is 24.3 Å². The average Bonchev–Trinajstić information content (AvgIpc) is 2.45. The zero-order valence-electron chi connectivity index (χ0n) is 13.5. The summed E-state index contributed by atoms with van der Waals surface area (Å²) in [6, 6.07) is 7.77. The largest absolute Gasteiger partial charge is 0.491 e. The summed E-state index contributed by atoms with van der Waals surface area (Å²) in [5.41, 5.74) is 1.30. The van der Waals surface area contributed by atoms with Crippen LogP contribution in [-0.4, -0.2) is 31.3 Å². The highest BCUT2D eigenvalue weighted by atomic mass is 16.5. The summed E-state index contributed by atoms with van der Waals surface area (Å²) in [5, 5.41) is 3.17. The maximum Gasteiger partial charge on any atom is 0.326 e. The van der Waals surface area contributed by atoms with Gasteiger partial charge in [0, 0.05) is 6.04 Å². The van der Waals surface area contributed by atoms with E-state index in [0.717, 1.165) is 18.6 Å². The molecular formula is C17H27NO3. The van der Waals surface area contributed by atoms with Crippen molar-refractivity contribution in [1.82, 2.24) is 5.32 Å². The summed E-state index contributed by atoms with van der Waals surface area (Å²) in [7, 11) is 0. The minimum atomic E-state index is -0.444. The van der Waals surface area contributed by atoms with E-state index in [9.17, 15) is 4.79 Å². The Bertz CT molecular complexity index is 415. The number of rotatable bonds is 9. The third kappa shape index (κ3) is 6.63. The van der Waals surface area contributed by atoms with Gasteiger partial charge in [-0.2, -0.15) is 0 Å². The maximum atomic E-state index is 11.9. The lowest BCUT2D eigenvalue weighted by atomic mass is 10.1. The number of esters is 1. The van der Waals surface area contributed by atoms with E-state index < -0.39 is 6.04 Å². The Kier molecular flexibility index (Phi) is 7.83. The molecule has 0 spiro atoms. The number of hydrogen-bond donors (Lipinski definition) is 1. The van der Waals surface area contributed by atoms with Crippen LogP contribution >= 0.6 is 0 Å². The summed E-state index contributed by atoms with van der Waals surface area (Å²) in [6.45, 7) is 8.59. The van der Waals surface area contributed by atoms with Gasteiger partial charge in [-0.05, 0) is 31.0 Å². The van der Waals surface area contributed by atoms with Crippen molar-refractivity contribution in [3.8, 4) is 5.75 Å². The molecule has 1 rings (SSSR count). The van der Waals surface area contributed by atoms with Gasteiger partial charge in [0.15, 0.2) is 0 Å². The van der Waals surface area contributed by atoms with Crippen molar-refractivity contribution in [3.05, 3.63) is 29.8 Å². The van der Waals surface area contributed by atoms with Gasteiger partial charge in [0.2, 0.25) is 0 Å². The molecule has 0 aliphatic heterocycles. The first kappa shape index (κ1) is 17.5. The normalized spacial score (nSPS) is 12.2. The van der Waals surface area contributed by atoms with Crippen LogP contribution in [0.5, 0.6) is 5.75 Å². The number of carbonyl (C=O) groups excluding carboxylic acids is 1. The second kappa shape index (κ2) is 9.40. The molecule has 1 unspecified atom stereocenters. The molecule has 21 heavy (non-hydrogen) atoms. The van der Waals surface area contributed by atoms with E-state index in [1.165, 1.54) is 5.56 Å². The highest BCUT2D eigenvalue weighted by Gasteiger charge is 2.21. The van der Waals surface area contributed by atoms with E-state index in [-0.39, 0.29) is 18.6 Å². The predicted octanol–water partition coefficient (Wildman–Crippen LogP) is 2.95. The Morgan fingerprint density at radius 3 is 2.38 bits per heavy atom. The van der Waals surface area contributed by atoms with Crippen molar-refractivity contribution < 1.29 is 14.3 Å². The van der Waals surface area contributed by atoms with Gasteiger partial charge < -0.3 is 9.47 Å². The molecule has 4 heteroatoms. The molecule has 0 aromatic heterocycles. The molecule has 1 aromatic carbocycles. The summed E-state index contributed by atoms with van der Waals surface area (Å²) < 4.78 is 10.8. The molecule has 0 radical (unpaired) electrons. The molecule has 1 aromatic rings. The molecule has 0 aliphatic carbocycles. The van der Waals surface area contributed by atoms with Gasteiger partial charge >= 0.3 is 5.97 Å². The monoisotopic (exact) mass is 293 g/mol. The summed E-state index contributed by atoms with van der Waals surface area (Å²) >= 11 is 0. The lowest BCUT2D eigenvalue weighted by molar-refractivity contribution is -0.146. The van der Waals surface area contributed by atoms with Crippen molar-refractivity contribution in [3.63, 3.8) is 0 Å². The molecule has 0 amide bonds. The highest BCUT2D eigenvalue weighted by Crippen LogP contribution is 2.13. The van der Waals surface area contributed by atoms with E-state index in [1.54, 1.807) is 6.92 Å². The van der Waals surface area contributed by atoms with Crippen LogP contribution in [0.3, 0.4) is 0 Å². The minimum Gasteiger partial charge on any atom is -0.491 e. The van der Waals surface area contributed by atoms with Crippen LogP contribution in [0.25, 0.3) is 0 Å². The average molecular weight is 293 g/mol. The van der Waals surface area contributed by atoms with Gasteiger partial charge in [-0.15, -0.1) is 0 Å². The second-order valence-electron chi connectivity index (χ2n) is 5.33. The van der Waals surface area contributed by atoms with Crippen molar-refractivity contribution >= 4 is 5.97 Å². The van der Waals surface area contributed by atoms with Crippen molar-refractivity contribution in [2.24, 2.45) is 0 Å².